The molecule has 32 heavy (non-hydrogen) atoms. The molecular weight excluding hydrogens is 416 g/mol. The van der Waals surface area contributed by atoms with Crippen LogP contribution in [0.1, 0.15) is 41.6 Å². The van der Waals surface area contributed by atoms with E-state index in [4.69, 9.17) is 4.98 Å². The average Bonchev–Trinajstić information content (AvgIpc) is 3.15. The number of carbonyl (C=O) groups excluding carboxylic acids is 1. The molecular formula is C26H28N4OS. The molecule has 164 valence electrons. The van der Waals surface area contributed by atoms with Crippen LogP contribution in [-0.2, 0) is 10.5 Å². The van der Waals surface area contributed by atoms with Crippen LogP contribution in [0.2, 0.25) is 0 Å². The molecule has 0 radical (unpaired) electrons. The number of benzene rings is 2. The molecule has 1 unspecified atom stereocenters. The normalized spacial score (nSPS) is 12.1. The van der Waals surface area contributed by atoms with Gasteiger partial charge in [-0.2, -0.15) is 0 Å². The van der Waals surface area contributed by atoms with Gasteiger partial charge in [-0.05, 0) is 56.0 Å². The molecule has 0 saturated heterocycles. The summed E-state index contributed by atoms with van der Waals surface area (Å²) in [5.41, 5.74) is 6.98. The average molecular weight is 445 g/mol. The van der Waals surface area contributed by atoms with E-state index in [1.54, 1.807) is 18.0 Å². The fourth-order valence-electron chi connectivity index (χ4n) is 3.83. The van der Waals surface area contributed by atoms with Gasteiger partial charge in [-0.15, -0.1) is 0 Å². The Hall–Kier alpha value is -3.12. The number of nitrogens with zero attached hydrogens (tertiary/aromatic N) is 3. The molecule has 2 heterocycles. The first-order valence-electron chi connectivity index (χ1n) is 10.9. The number of hydrogen-bond donors (Lipinski definition) is 1. The smallest absolute Gasteiger partial charge is 0.247 e. The number of aromatic nitrogens is 3. The van der Waals surface area contributed by atoms with E-state index in [-0.39, 0.29) is 5.91 Å². The zero-order valence-corrected chi connectivity index (χ0v) is 19.7. The standard InChI is InChI=1S/C26H28N4OS/c1-5-22(25(31)29-23-18(3)8-6-9-19(23)4)30-24-21(10-7-15-27-24)28-26(30)32-16-20-13-11-17(2)12-14-20/h6-15,22H,5,16H2,1-4H3,(H,29,31). The maximum atomic E-state index is 13.5. The summed E-state index contributed by atoms with van der Waals surface area (Å²) in [4.78, 5) is 22.8. The van der Waals surface area contributed by atoms with Gasteiger partial charge in [-0.3, -0.25) is 9.36 Å². The molecule has 1 amide bonds. The highest BCUT2D eigenvalue weighted by atomic mass is 32.2. The number of amides is 1. The number of rotatable bonds is 7. The number of hydrogen-bond acceptors (Lipinski definition) is 4. The maximum Gasteiger partial charge on any atom is 0.247 e. The Morgan fingerprint density at radius 1 is 1.03 bits per heavy atom. The van der Waals surface area contributed by atoms with Gasteiger partial charge in [0.05, 0.1) is 0 Å². The van der Waals surface area contributed by atoms with Crippen molar-refractivity contribution in [2.24, 2.45) is 0 Å². The van der Waals surface area contributed by atoms with Gasteiger partial charge in [0, 0.05) is 17.6 Å². The number of fused-ring (bicyclic) bond motifs is 1. The van der Waals surface area contributed by atoms with Crippen molar-refractivity contribution in [2.75, 3.05) is 5.32 Å². The fourth-order valence-corrected chi connectivity index (χ4v) is 4.83. The third-order valence-corrected chi connectivity index (χ3v) is 6.66. The number of carbonyl (C=O) groups is 1. The molecule has 0 aliphatic heterocycles. The predicted octanol–water partition coefficient (Wildman–Crippen LogP) is 6.24. The molecule has 4 aromatic rings. The van der Waals surface area contributed by atoms with Crippen LogP contribution < -0.4 is 5.32 Å². The van der Waals surface area contributed by atoms with Crippen molar-refractivity contribution in [3.8, 4) is 0 Å². The minimum Gasteiger partial charge on any atom is -0.324 e. The molecule has 0 fully saturated rings. The molecule has 0 aliphatic rings. The van der Waals surface area contributed by atoms with Gasteiger partial charge >= 0.3 is 0 Å². The van der Waals surface area contributed by atoms with E-state index in [0.717, 1.165) is 38.9 Å². The van der Waals surface area contributed by atoms with Crippen molar-refractivity contribution < 1.29 is 4.79 Å². The number of nitrogens with one attached hydrogen (secondary N) is 1. The Balaban J connectivity index is 1.68. The van der Waals surface area contributed by atoms with Crippen molar-refractivity contribution in [1.82, 2.24) is 14.5 Å². The van der Waals surface area contributed by atoms with Crippen LogP contribution in [0.3, 0.4) is 0 Å². The van der Waals surface area contributed by atoms with Crippen molar-refractivity contribution in [2.45, 2.75) is 51.1 Å². The lowest BCUT2D eigenvalue weighted by atomic mass is 10.1. The highest BCUT2D eigenvalue weighted by molar-refractivity contribution is 7.98. The lowest BCUT2D eigenvalue weighted by molar-refractivity contribution is -0.119. The Morgan fingerprint density at radius 2 is 1.75 bits per heavy atom. The van der Waals surface area contributed by atoms with E-state index >= 15 is 0 Å². The summed E-state index contributed by atoms with van der Waals surface area (Å²) in [6, 6.07) is 18.0. The maximum absolute atomic E-state index is 13.5. The molecule has 0 saturated carbocycles. The highest BCUT2D eigenvalue weighted by Gasteiger charge is 2.26. The van der Waals surface area contributed by atoms with Crippen LogP contribution in [0.15, 0.2) is 66.0 Å². The van der Waals surface area contributed by atoms with Crippen molar-refractivity contribution >= 4 is 34.5 Å². The van der Waals surface area contributed by atoms with Crippen LogP contribution in [0.5, 0.6) is 0 Å². The number of aryl methyl sites for hydroxylation is 3. The minimum atomic E-state index is -0.408. The second kappa shape index (κ2) is 9.57. The topological polar surface area (TPSA) is 59.8 Å². The monoisotopic (exact) mass is 444 g/mol. The zero-order chi connectivity index (χ0) is 22.7. The molecule has 1 N–H and O–H groups in total. The Labute approximate surface area is 193 Å². The third-order valence-electron chi connectivity index (χ3n) is 5.64. The molecule has 1 atom stereocenters. The first-order valence-corrected chi connectivity index (χ1v) is 11.8. The Kier molecular flexibility index (Phi) is 6.61. The molecule has 0 bridgehead atoms. The SMILES string of the molecule is CCC(C(=O)Nc1c(C)cccc1C)n1c(SCc2ccc(C)cc2)nc2cccnc21. The summed E-state index contributed by atoms with van der Waals surface area (Å²) in [6.07, 6.45) is 2.39. The Morgan fingerprint density at radius 3 is 2.44 bits per heavy atom. The van der Waals surface area contributed by atoms with Gasteiger partial charge in [0.1, 0.15) is 11.6 Å². The van der Waals surface area contributed by atoms with E-state index < -0.39 is 6.04 Å². The first kappa shape index (κ1) is 22.1. The van der Waals surface area contributed by atoms with Gasteiger partial charge in [0.25, 0.3) is 0 Å². The van der Waals surface area contributed by atoms with E-state index in [0.29, 0.717) is 6.42 Å². The van der Waals surface area contributed by atoms with Gasteiger partial charge < -0.3 is 5.32 Å². The van der Waals surface area contributed by atoms with Crippen LogP contribution in [0, 0.1) is 20.8 Å². The predicted molar refractivity (Wildman–Crippen MR) is 132 cm³/mol. The van der Waals surface area contributed by atoms with Crippen LogP contribution in [-0.4, -0.2) is 20.4 Å². The summed E-state index contributed by atoms with van der Waals surface area (Å²) in [5, 5.41) is 3.97. The molecule has 2 aromatic carbocycles. The number of imidazole rings is 1. The summed E-state index contributed by atoms with van der Waals surface area (Å²) >= 11 is 1.64. The Bertz CT molecular complexity index is 1230. The number of para-hydroxylation sites is 1. The summed E-state index contributed by atoms with van der Waals surface area (Å²) in [7, 11) is 0. The van der Waals surface area contributed by atoms with Gasteiger partial charge in [-0.1, -0.05) is 66.7 Å². The largest absolute Gasteiger partial charge is 0.324 e. The molecule has 0 aliphatic carbocycles. The third kappa shape index (κ3) is 4.55. The first-order chi connectivity index (χ1) is 15.5. The summed E-state index contributed by atoms with van der Waals surface area (Å²) in [5.74, 6) is 0.727. The van der Waals surface area contributed by atoms with E-state index in [9.17, 15) is 4.79 Å². The van der Waals surface area contributed by atoms with E-state index in [1.807, 2.05) is 55.7 Å². The molecule has 0 spiro atoms. The number of pyridine rings is 1. The van der Waals surface area contributed by atoms with Crippen LogP contribution in [0.4, 0.5) is 5.69 Å². The number of thioether (sulfide) groups is 1. The highest BCUT2D eigenvalue weighted by Crippen LogP contribution is 2.31. The summed E-state index contributed by atoms with van der Waals surface area (Å²) in [6.45, 7) is 8.14. The molecule has 2 aromatic heterocycles. The van der Waals surface area contributed by atoms with Crippen molar-refractivity contribution in [1.29, 1.82) is 0 Å². The van der Waals surface area contributed by atoms with E-state index in [2.05, 4.69) is 41.5 Å². The fraction of sp³-hybridized carbons (Fsp3) is 0.269. The molecule has 6 heteroatoms. The lowest BCUT2D eigenvalue weighted by Gasteiger charge is -2.21. The van der Waals surface area contributed by atoms with Crippen LogP contribution in [0.25, 0.3) is 11.2 Å². The second-order valence-corrected chi connectivity index (χ2v) is 9.01. The second-order valence-electron chi connectivity index (χ2n) is 8.06. The molecule has 5 nitrogen and oxygen atoms in total. The van der Waals surface area contributed by atoms with Gasteiger partial charge in [0.15, 0.2) is 10.8 Å². The van der Waals surface area contributed by atoms with Gasteiger partial charge in [-0.25, -0.2) is 9.97 Å². The van der Waals surface area contributed by atoms with Gasteiger partial charge in [0.2, 0.25) is 5.91 Å². The van der Waals surface area contributed by atoms with Crippen molar-refractivity contribution in [3.63, 3.8) is 0 Å². The quantitative estimate of drug-likeness (QED) is 0.343. The number of anilines is 1. The molecule has 4 rings (SSSR count). The van der Waals surface area contributed by atoms with Crippen LogP contribution >= 0.6 is 11.8 Å². The van der Waals surface area contributed by atoms with Crippen molar-refractivity contribution in [3.05, 3.63) is 83.0 Å². The minimum absolute atomic E-state index is 0.0490. The van der Waals surface area contributed by atoms with E-state index in [1.165, 1.54) is 11.1 Å². The zero-order valence-electron chi connectivity index (χ0n) is 18.9. The summed E-state index contributed by atoms with van der Waals surface area (Å²) < 4.78 is 2.00. The lowest BCUT2D eigenvalue weighted by Crippen LogP contribution is -2.27.